The number of hydrogen-bond donors (Lipinski definition) is 5. The lowest BCUT2D eigenvalue weighted by atomic mass is 9.83. The topological polar surface area (TPSA) is 233 Å². The lowest BCUT2D eigenvalue weighted by Gasteiger charge is -2.30. The standard InChI is InChI=1S/C13H19FN2O3.C13H17FN2O3.C11H15FN2O5.CH4.H6P5/c2*1-4-13(5-2)8(3)10(14)11(19-13)16-7-6-9(17)15-12(16)18;1-2-11(5-15)8(17)7(12)9(19-11)14-4-3-6(16)13-10(14)18;;1-4-5(2)3/h6-8,10-11H,4-5H2,1-3H3,(H,15,17,18);4,6-8,10-11H,1,5H2,2-3H3,(H,15,17,18);3-4,7-9,15,17H,2,5H2,1H3,(H,13,16,18);1H4;1-3H2/q;;;;-1/t8-,10+,11+;8-,10+,11+,13+;7-,8+,9-,11-;;/m001../s1. The molecule has 0 aromatic carbocycles. The van der Waals surface area contributed by atoms with Crippen LogP contribution in [0.25, 0.3) is 0 Å². The third kappa shape index (κ3) is 12.5. The number of ether oxygens (including phenoxy) is 3. The minimum atomic E-state index is -1.88. The summed E-state index contributed by atoms with van der Waals surface area (Å²) in [7, 11) is 9.51. The van der Waals surface area contributed by atoms with Crippen LogP contribution in [0.2, 0.25) is 0 Å². The fourth-order valence-electron chi connectivity index (χ4n) is 7.58. The zero-order valence-corrected chi connectivity index (χ0v) is 40.4. The monoisotopic (exact) mass is 989 g/mol. The van der Waals surface area contributed by atoms with E-state index in [1.165, 1.54) is 32.5 Å². The number of hydrogen-bond acceptors (Lipinski definition) is 11. The van der Waals surface area contributed by atoms with Crippen LogP contribution in [0.3, 0.4) is 0 Å². The third-order valence-electron chi connectivity index (χ3n) is 11.7. The summed E-state index contributed by atoms with van der Waals surface area (Å²) in [5, 5.41) is 19.1. The van der Waals surface area contributed by atoms with Gasteiger partial charge in [-0.05, 0) is 25.7 Å². The van der Waals surface area contributed by atoms with Crippen molar-refractivity contribution in [1.82, 2.24) is 28.7 Å². The van der Waals surface area contributed by atoms with Gasteiger partial charge in [0.25, 0.3) is 16.7 Å². The van der Waals surface area contributed by atoms with E-state index < -0.39 is 106 Å². The van der Waals surface area contributed by atoms with Crippen molar-refractivity contribution in [2.45, 2.75) is 135 Å². The van der Waals surface area contributed by atoms with Gasteiger partial charge in [-0.25, -0.2) is 34.5 Å². The Balaban J connectivity index is 0.000000306. The summed E-state index contributed by atoms with van der Waals surface area (Å²) in [5.41, 5.74) is -6.58. The summed E-state index contributed by atoms with van der Waals surface area (Å²) in [6.45, 7) is 14.2. The molecule has 17 nitrogen and oxygen atoms in total. The van der Waals surface area contributed by atoms with Gasteiger partial charge >= 0.3 is 17.1 Å². The number of aromatic nitrogens is 6. The molecule has 3 aliphatic heterocycles. The Morgan fingerprint density at radius 2 is 1.06 bits per heavy atom. The summed E-state index contributed by atoms with van der Waals surface area (Å²) < 4.78 is 62.9. The number of aliphatic hydroxyl groups is 2. The van der Waals surface area contributed by atoms with Gasteiger partial charge in [-0.1, -0.05) is 55.0 Å². The number of alkyl halides is 3. The van der Waals surface area contributed by atoms with Crippen LogP contribution in [0.15, 0.2) is 78.2 Å². The highest BCUT2D eigenvalue weighted by molar-refractivity contribution is 8.77. The highest BCUT2D eigenvalue weighted by atomic mass is 32.8. The Morgan fingerprint density at radius 1 is 0.714 bits per heavy atom. The second-order valence-corrected chi connectivity index (χ2v) is 27.7. The van der Waals surface area contributed by atoms with Crippen LogP contribution in [0.4, 0.5) is 13.2 Å². The number of H-pyrrole nitrogens is 3. The molecule has 0 amide bonds. The van der Waals surface area contributed by atoms with E-state index in [9.17, 15) is 52.2 Å². The Hall–Kier alpha value is -2.48. The molecule has 0 bridgehead atoms. The van der Waals surface area contributed by atoms with Crippen LogP contribution in [0, 0.1) is 11.8 Å². The summed E-state index contributed by atoms with van der Waals surface area (Å²) in [5.74, 6) is -0.717. The summed E-state index contributed by atoms with van der Waals surface area (Å²) >= 11 is 0. The van der Waals surface area contributed by atoms with Gasteiger partial charge in [0, 0.05) is 48.6 Å². The van der Waals surface area contributed by atoms with Gasteiger partial charge in [-0.3, -0.25) is 52.0 Å². The second kappa shape index (κ2) is 24.3. The van der Waals surface area contributed by atoms with Gasteiger partial charge in [-0.2, -0.15) is 0 Å². The number of rotatable bonds is 10. The molecule has 6 heterocycles. The smallest absolute Gasteiger partial charge is 0.330 e. The molecular formula is C38H61F3N6O11P5-. The maximum atomic E-state index is 14.4. The molecule has 5 N–H and O–H groups in total. The first kappa shape index (κ1) is 56.6. The first-order chi connectivity index (χ1) is 29.1. The maximum absolute atomic E-state index is 14.4. The molecular weight excluding hydrogens is 928 g/mol. The van der Waals surface area contributed by atoms with Crippen LogP contribution >= 0.6 is 41.7 Å². The average molecular weight is 990 g/mol. The molecule has 63 heavy (non-hydrogen) atoms. The van der Waals surface area contributed by atoms with E-state index in [1.54, 1.807) is 26.8 Å². The zero-order valence-electron chi connectivity index (χ0n) is 35.2. The van der Waals surface area contributed by atoms with Gasteiger partial charge in [0.05, 0.1) is 17.8 Å². The van der Waals surface area contributed by atoms with Gasteiger partial charge in [-0.15, -0.1) is 24.4 Å². The van der Waals surface area contributed by atoms with E-state index in [-0.39, 0.29) is 26.8 Å². The van der Waals surface area contributed by atoms with Crippen LogP contribution in [0.1, 0.15) is 93.3 Å². The fourth-order valence-corrected chi connectivity index (χ4v) is 7.58. The quantitative estimate of drug-likeness (QED) is 0.131. The number of halogens is 3. The maximum Gasteiger partial charge on any atom is 0.330 e. The number of nitrogens with one attached hydrogen (secondary N) is 3. The highest BCUT2D eigenvalue weighted by Crippen LogP contribution is 2.71. The molecule has 3 aromatic heterocycles. The molecule has 3 aliphatic rings. The molecule has 3 saturated heterocycles. The predicted molar refractivity (Wildman–Crippen MR) is 250 cm³/mol. The Bertz CT molecular complexity index is 2200. The number of aromatic amines is 3. The number of nitrogens with zero attached hydrogens (tertiary/aromatic N) is 3. The van der Waals surface area contributed by atoms with Gasteiger partial charge in [0.2, 0.25) is 0 Å². The molecule has 3 fully saturated rings. The number of aliphatic hydroxyl groups excluding tert-OH is 2. The van der Waals surface area contributed by atoms with E-state index in [4.69, 9.17) is 14.2 Å². The molecule has 0 radical (unpaired) electrons. The molecule has 14 atom stereocenters. The summed E-state index contributed by atoms with van der Waals surface area (Å²) in [6, 6.07) is 3.41. The molecule has 3 unspecified atom stereocenters. The van der Waals surface area contributed by atoms with E-state index in [1.807, 2.05) is 25.8 Å². The second-order valence-electron chi connectivity index (χ2n) is 14.8. The van der Waals surface area contributed by atoms with Crippen molar-refractivity contribution in [1.29, 1.82) is 0 Å². The van der Waals surface area contributed by atoms with Crippen molar-refractivity contribution < 1.29 is 37.6 Å². The van der Waals surface area contributed by atoms with E-state index in [0.717, 1.165) is 26.0 Å². The fraction of sp³-hybridized carbons (Fsp3) is 0.632. The van der Waals surface area contributed by atoms with E-state index in [0.29, 0.717) is 19.3 Å². The summed E-state index contributed by atoms with van der Waals surface area (Å²) in [4.78, 5) is 74.2. The Morgan fingerprint density at radius 3 is 1.33 bits per heavy atom. The minimum Gasteiger partial charge on any atom is -0.474 e. The van der Waals surface area contributed by atoms with E-state index >= 15 is 0 Å². The van der Waals surface area contributed by atoms with Gasteiger partial charge < -0.3 is 32.4 Å². The predicted octanol–water partition coefficient (Wildman–Crippen LogP) is 5.21. The molecule has 0 aliphatic carbocycles. The van der Waals surface area contributed by atoms with Crippen LogP contribution in [-0.4, -0.2) is 86.9 Å². The lowest BCUT2D eigenvalue weighted by molar-refractivity contribution is -0.130. The molecule has 0 spiro atoms. The molecule has 3 aromatic rings. The Labute approximate surface area is 372 Å². The van der Waals surface area contributed by atoms with Crippen LogP contribution < -0.4 is 33.7 Å². The van der Waals surface area contributed by atoms with Crippen molar-refractivity contribution in [2.24, 2.45) is 11.8 Å². The van der Waals surface area contributed by atoms with Crippen LogP contribution in [0.5, 0.6) is 0 Å². The van der Waals surface area contributed by atoms with Gasteiger partial charge in [0.15, 0.2) is 37.2 Å². The lowest BCUT2D eigenvalue weighted by Crippen LogP contribution is -2.44. The normalized spacial score (nSPS) is 30.7. The average Bonchev–Trinajstić information content (AvgIpc) is 3.77. The largest absolute Gasteiger partial charge is 0.474 e. The minimum absolute atomic E-state index is 0. The molecule has 0 saturated carbocycles. The first-order valence-corrected chi connectivity index (χ1v) is 27.4. The van der Waals surface area contributed by atoms with Crippen LogP contribution in [-0.2, 0) is 14.2 Å². The van der Waals surface area contributed by atoms with E-state index in [2.05, 4.69) is 43.3 Å². The van der Waals surface area contributed by atoms with Crippen molar-refractivity contribution in [3.05, 3.63) is 112 Å². The van der Waals surface area contributed by atoms with Gasteiger partial charge in [0.1, 0.15) is 11.7 Å². The SMILES string of the molecule is C.C=C[C@]1(CC)O[C@@H](n2ccc(=O)[nH]c2=O)[C@H](F)[C@@H]1C.CCC1(CC)O[C@@H](n2ccc(=O)[nH]c2=O)[C@H](F)[C@@H]1C.CC[C@]1(CO)O[C@@H](n2ccc(=O)[nH]c2=O)[C@H](F)[C@@H]1O.P[P-]P(P)P. The van der Waals surface area contributed by atoms with Crippen molar-refractivity contribution in [3.63, 3.8) is 0 Å². The third-order valence-corrected chi connectivity index (χ3v) is 22.4. The summed E-state index contributed by atoms with van der Waals surface area (Å²) in [6.07, 6.45) is -2.14. The van der Waals surface area contributed by atoms with Crippen molar-refractivity contribution in [3.8, 4) is 0 Å². The molecule has 356 valence electrons. The van der Waals surface area contributed by atoms with Crippen molar-refractivity contribution in [2.75, 3.05) is 6.61 Å². The first-order valence-electron chi connectivity index (χ1n) is 19.6. The van der Waals surface area contributed by atoms with Crippen molar-refractivity contribution >= 4 is 41.7 Å². The highest BCUT2D eigenvalue weighted by Gasteiger charge is 2.55. The Kier molecular flexibility index (Phi) is 21.9. The molecule has 25 heteroatoms. The molecule has 6 rings (SSSR count). The zero-order chi connectivity index (χ0) is 46.9.